The lowest BCUT2D eigenvalue weighted by molar-refractivity contribution is 0.137. The summed E-state index contributed by atoms with van der Waals surface area (Å²) in [6.45, 7) is 1.98. The second-order valence-electron chi connectivity index (χ2n) is 4.97. The van der Waals surface area contributed by atoms with Crippen LogP contribution in [-0.2, 0) is 10.0 Å². The highest BCUT2D eigenvalue weighted by atomic mass is 32.2. The second-order valence-corrected chi connectivity index (χ2v) is 6.83. The standard InChI is InChI=1S/C13H16N2O3S/c1-13(10-16)7-2-8-15(13)19(17,18)12-5-3-11(9-14)4-6-12/h3-6,16H,2,7-8,10H2,1H3/t13-/m1/s1. The smallest absolute Gasteiger partial charge is 0.243 e. The fourth-order valence-corrected chi connectivity index (χ4v) is 4.23. The molecule has 0 bridgehead atoms. The molecule has 1 aliphatic rings. The molecule has 1 aliphatic heterocycles. The third-order valence-electron chi connectivity index (χ3n) is 3.59. The number of hydrogen-bond donors (Lipinski definition) is 1. The molecular weight excluding hydrogens is 264 g/mol. The van der Waals surface area contributed by atoms with Crippen LogP contribution in [0.1, 0.15) is 25.3 Å². The number of nitriles is 1. The number of rotatable bonds is 3. The zero-order valence-corrected chi connectivity index (χ0v) is 11.5. The van der Waals surface area contributed by atoms with Crippen molar-refractivity contribution in [2.45, 2.75) is 30.2 Å². The van der Waals surface area contributed by atoms with E-state index in [-0.39, 0.29) is 11.5 Å². The molecule has 1 aromatic rings. The summed E-state index contributed by atoms with van der Waals surface area (Å²) in [4.78, 5) is 0.160. The first-order valence-corrected chi connectivity index (χ1v) is 7.52. The van der Waals surface area contributed by atoms with Gasteiger partial charge in [-0.25, -0.2) is 8.42 Å². The van der Waals surface area contributed by atoms with Gasteiger partial charge in [0.2, 0.25) is 10.0 Å². The lowest BCUT2D eigenvalue weighted by Gasteiger charge is -2.32. The van der Waals surface area contributed by atoms with Crippen molar-refractivity contribution in [1.82, 2.24) is 4.31 Å². The zero-order valence-electron chi connectivity index (χ0n) is 10.7. The molecule has 0 radical (unpaired) electrons. The topological polar surface area (TPSA) is 81.4 Å². The molecular formula is C13H16N2O3S. The fraction of sp³-hybridized carbons (Fsp3) is 0.462. The van der Waals surface area contributed by atoms with E-state index in [9.17, 15) is 13.5 Å². The van der Waals surface area contributed by atoms with Crippen molar-refractivity contribution in [3.8, 4) is 6.07 Å². The summed E-state index contributed by atoms with van der Waals surface area (Å²) < 4.78 is 26.4. The molecule has 6 heteroatoms. The van der Waals surface area contributed by atoms with Crippen molar-refractivity contribution < 1.29 is 13.5 Å². The number of benzene rings is 1. The summed E-state index contributed by atoms with van der Waals surface area (Å²) >= 11 is 0. The van der Waals surface area contributed by atoms with Crippen LogP contribution >= 0.6 is 0 Å². The predicted octanol–water partition coefficient (Wildman–Crippen LogP) is 1.09. The lowest BCUT2D eigenvalue weighted by Crippen LogP contribution is -2.47. The molecule has 19 heavy (non-hydrogen) atoms. The second kappa shape index (κ2) is 4.93. The van der Waals surface area contributed by atoms with E-state index in [1.165, 1.54) is 28.6 Å². The molecule has 5 nitrogen and oxygen atoms in total. The molecule has 1 atom stereocenters. The predicted molar refractivity (Wildman–Crippen MR) is 69.8 cm³/mol. The van der Waals surface area contributed by atoms with Crippen LogP contribution in [0.2, 0.25) is 0 Å². The van der Waals surface area contributed by atoms with Crippen LogP contribution in [0.5, 0.6) is 0 Å². The van der Waals surface area contributed by atoms with Crippen LogP contribution in [0.15, 0.2) is 29.2 Å². The van der Waals surface area contributed by atoms with Crippen molar-refractivity contribution in [3.05, 3.63) is 29.8 Å². The molecule has 2 rings (SSSR count). The normalized spacial score (nSPS) is 24.3. The Balaban J connectivity index is 2.39. The molecule has 0 aliphatic carbocycles. The van der Waals surface area contributed by atoms with E-state index in [2.05, 4.69) is 0 Å². The summed E-state index contributed by atoms with van der Waals surface area (Å²) in [6, 6.07) is 7.79. The van der Waals surface area contributed by atoms with Gasteiger partial charge < -0.3 is 5.11 Å². The fourth-order valence-electron chi connectivity index (χ4n) is 2.40. The van der Waals surface area contributed by atoms with Crippen molar-refractivity contribution in [2.24, 2.45) is 0 Å². The Kier molecular flexibility index (Phi) is 3.63. The molecule has 0 amide bonds. The molecule has 102 valence electrons. The van der Waals surface area contributed by atoms with E-state index in [0.29, 0.717) is 18.5 Å². The van der Waals surface area contributed by atoms with Gasteiger partial charge in [-0.2, -0.15) is 9.57 Å². The maximum absolute atomic E-state index is 12.5. The summed E-state index contributed by atoms with van der Waals surface area (Å²) in [7, 11) is -3.62. The third-order valence-corrected chi connectivity index (χ3v) is 5.66. The SMILES string of the molecule is C[C@]1(CO)CCCN1S(=O)(=O)c1ccc(C#N)cc1. The van der Waals surface area contributed by atoms with Gasteiger partial charge in [0, 0.05) is 6.54 Å². The minimum atomic E-state index is -3.62. The molecule has 1 aromatic carbocycles. The largest absolute Gasteiger partial charge is 0.394 e. The molecule has 0 spiro atoms. The van der Waals surface area contributed by atoms with Crippen LogP contribution in [0.4, 0.5) is 0 Å². The van der Waals surface area contributed by atoms with Crippen molar-refractivity contribution in [3.63, 3.8) is 0 Å². The van der Waals surface area contributed by atoms with Crippen LogP contribution in [0.25, 0.3) is 0 Å². The van der Waals surface area contributed by atoms with Gasteiger partial charge in [0.1, 0.15) is 0 Å². The summed E-state index contributed by atoms with van der Waals surface area (Å²) in [5.41, 5.74) is -0.308. The quantitative estimate of drug-likeness (QED) is 0.898. The monoisotopic (exact) mass is 280 g/mol. The lowest BCUT2D eigenvalue weighted by atomic mass is 10.0. The number of sulfonamides is 1. The molecule has 0 unspecified atom stereocenters. The minimum absolute atomic E-state index is 0.160. The van der Waals surface area contributed by atoms with Crippen molar-refractivity contribution in [2.75, 3.05) is 13.2 Å². The number of nitrogens with zero attached hydrogens (tertiary/aromatic N) is 2. The van der Waals surface area contributed by atoms with E-state index in [1.807, 2.05) is 6.07 Å². The van der Waals surface area contributed by atoms with Crippen LogP contribution in [-0.4, -0.2) is 36.5 Å². The first-order chi connectivity index (χ1) is 8.94. The molecule has 0 aromatic heterocycles. The van der Waals surface area contributed by atoms with E-state index in [4.69, 9.17) is 5.26 Å². The molecule has 1 saturated heterocycles. The van der Waals surface area contributed by atoms with Gasteiger partial charge in [0.25, 0.3) is 0 Å². The van der Waals surface area contributed by atoms with Crippen LogP contribution in [0, 0.1) is 11.3 Å². The van der Waals surface area contributed by atoms with Gasteiger partial charge in [-0.1, -0.05) is 0 Å². The number of aliphatic hydroxyl groups excluding tert-OH is 1. The zero-order chi connectivity index (χ0) is 14.1. The van der Waals surface area contributed by atoms with Crippen molar-refractivity contribution in [1.29, 1.82) is 5.26 Å². The van der Waals surface area contributed by atoms with Gasteiger partial charge in [0.05, 0.1) is 28.7 Å². The highest BCUT2D eigenvalue weighted by Crippen LogP contribution is 2.33. The summed E-state index contributed by atoms with van der Waals surface area (Å²) in [5.74, 6) is 0. The van der Waals surface area contributed by atoms with E-state index < -0.39 is 15.6 Å². The van der Waals surface area contributed by atoms with E-state index in [1.54, 1.807) is 6.92 Å². The highest BCUT2D eigenvalue weighted by molar-refractivity contribution is 7.89. The summed E-state index contributed by atoms with van der Waals surface area (Å²) in [6.07, 6.45) is 1.39. The van der Waals surface area contributed by atoms with Crippen LogP contribution < -0.4 is 0 Å². The maximum Gasteiger partial charge on any atom is 0.243 e. The van der Waals surface area contributed by atoms with Crippen molar-refractivity contribution >= 4 is 10.0 Å². The van der Waals surface area contributed by atoms with Crippen LogP contribution in [0.3, 0.4) is 0 Å². The maximum atomic E-state index is 12.5. The average molecular weight is 280 g/mol. The summed E-state index contributed by atoms with van der Waals surface area (Å²) in [5, 5.41) is 18.2. The Morgan fingerprint density at radius 1 is 1.42 bits per heavy atom. The Labute approximate surface area is 113 Å². The van der Waals surface area contributed by atoms with Gasteiger partial charge >= 0.3 is 0 Å². The molecule has 1 N–H and O–H groups in total. The highest BCUT2D eigenvalue weighted by Gasteiger charge is 2.43. The first kappa shape index (κ1) is 14.0. The van der Waals surface area contributed by atoms with Gasteiger partial charge in [-0.05, 0) is 44.0 Å². The van der Waals surface area contributed by atoms with E-state index >= 15 is 0 Å². The Hall–Kier alpha value is -1.42. The average Bonchev–Trinajstić information content (AvgIpc) is 2.82. The van der Waals surface area contributed by atoms with Gasteiger partial charge in [-0.3, -0.25) is 0 Å². The van der Waals surface area contributed by atoms with Gasteiger partial charge in [-0.15, -0.1) is 0 Å². The molecule has 1 heterocycles. The van der Waals surface area contributed by atoms with E-state index in [0.717, 1.165) is 6.42 Å². The Bertz CT molecular complexity index is 604. The third kappa shape index (κ3) is 2.37. The Morgan fingerprint density at radius 2 is 2.05 bits per heavy atom. The number of aliphatic hydroxyl groups is 1. The molecule has 1 fully saturated rings. The van der Waals surface area contributed by atoms with Gasteiger partial charge in [0.15, 0.2) is 0 Å². The Morgan fingerprint density at radius 3 is 2.58 bits per heavy atom. The first-order valence-electron chi connectivity index (χ1n) is 6.08. The molecule has 0 saturated carbocycles. The number of hydrogen-bond acceptors (Lipinski definition) is 4. The minimum Gasteiger partial charge on any atom is -0.394 e.